The molecule has 2 rings (SSSR count). The van der Waals surface area contributed by atoms with E-state index in [9.17, 15) is 5.11 Å². The highest BCUT2D eigenvalue weighted by Gasteiger charge is 2.13. The van der Waals surface area contributed by atoms with Crippen LogP contribution < -0.4 is 0 Å². The Balaban J connectivity index is 2.67. The maximum atomic E-state index is 10.3. The third-order valence-corrected chi connectivity index (χ3v) is 4.16. The average Bonchev–Trinajstić information content (AvgIpc) is 2.42. The molecule has 0 fully saturated rings. The number of halogens is 1. The predicted octanol–water partition coefficient (Wildman–Crippen LogP) is 5.71. The second kappa shape index (κ2) is 5.88. The van der Waals surface area contributed by atoms with Crippen LogP contribution in [0.2, 0.25) is 5.02 Å². The summed E-state index contributed by atoms with van der Waals surface area (Å²) < 4.78 is 0. The molecule has 0 heterocycles. The lowest BCUT2D eigenvalue weighted by Crippen LogP contribution is -1.94. The molecular formula is C18H21ClO. The van der Waals surface area contributed by atoms with Crippen molar-refractivity contribution in [2.24, 2.45) is 0 Å². The molecule has 0 amide bonds. The van der Waals surface area contributed by atoms with E-state index in [1.807, 2.05) is 13.0 Å². The van der Waals surface area contributed by atoms with Crippen molar-refractivity contribution in [3.63, 3.8) is 0 Å². The van der Waals surface area contributed by atoms with Gasteiger partial charge in [0.1, 0.15) is 5.75 Å². The van der Waals surface area contributed by atoms with Crippen LogP contribution in [0.1, 0.15) is 43.4 Å². The number of hydrogen-bond donors (Lipinski definition) is 1. The molecular weight excluding hydrogens is 268 g/mol. The average molecular weight is 289 g/mol. The fourth-order valence-electron chi connectivity index (χ4n) is 2.39. The maximum Gasteiger partial charge on any atom is 0.123 e. The first kappa shape index (κ1) is 14.9. The second-order valence-electron chi connectivity index (χ2n) is 5.54. The highest BCUT2D eigenvalue weighted by Crippen LogP contribution is 2.37. The summed E-state index contributed by atoms with van der Waals surface area (Å²) >= 11 is 6.22. The molecule has 0 saturated heterocycles. The quantitative estimate of drug-likeness (QED) is 0.767. The molecule has 0 aromatic heterocycles. The Morgan fingerprint density at radius 3 is 2.40 bits per heavy atom. The molecule has 20 heavy (non-hydrogen) atoms. The summed E-state index contributed by atoms with van der Waals surface area (Å²) in [5.74, 6) is 0.755. The van der Waals surface area contributed by atoms with Crippen molar-refractivity contribution in [1.82, 2.24) is 0 Å². The molecule has 0 aliphatic heterocycles. The van der Waals surface area contributed by atoms with Gasteiger partial charge in [-0.2, -0.15) is 0 Å². The number of phenols is 1. The molecule has 0 unspecified atom stereocenters. The van der Waals surface area contributed by atoms with Crippen LogP contribution in [0.4, 0.5) is 0 Å². The number of hydrogen-bond acceptors (Lipinski definition) is 1. The van der Waals surface area contributed by atoms with Crippen molar-refractivity contribution < 1.29 is 5.11 Å². The molecule has 0 atom stereocenters. The van der Waals surface area contributed by atoms with Crippen LogP contribution in [-0.2, 0) is 6.42 Å². The Labute approximate surface area is 126 Å². The molecule has 0 aliphatic carbocycles. The summed E-state index contributed by atoms with van der Waals surface area (Å²) in [7, 11) is 0. The lowest BCUT2D eigenvalue weighted by molar-refractivity contribution is 0.477. The summed E-state index contributed by atoms with van der Waals surface area (Å²) in [6.07, 6.45) is 0.929. The Hall–Kier alpha value is -1.47. The molecule has 2 aromatic rings. The van der Waals surface area contributed by atoms with E-state index in [0.29, 0.717) is 16.7 Å². The van der Waals surface area contributed by atoms with Gasteiger partial charge in [-0.1, -0.05) is 50.6 Å². The van der Waals surface area contributed by atoms with Gasteiger partial charge in [-0.15, -0.1) is 0 Å². The molecule has 2 aromatic carbocycles. The molecule has 1 N–H and O–H groups in total. The van der Waals surface area contributed by atoms with Gasteiger partial charge in [0.05, 0.1) is 0 Å². The summed E-state index contributed by atoms with van der Waals surface area (Å²) in [4.78, 5) is 0. The van der Waals surface area contributed by atoms with Gasteiger partial charge in [-0.25, -0.2) is 0 Å². The Morgan fingerprint density at radius 2 is 1.80 bits per heavy atom. The topological polar surface area (TPSA) is 20.2 Å². The van der Waals surface area contributed by atoms with Crippen molar-refractivity contribution in [2.45, 2.75) is 40.0 Å². The van der Waals surface area contributed by atoms with Crippen LogP contribution in [0, 0.1) is 6.92 Å². The van der Waals surface area contributed by atoms with E-state index < -0.39 is 0 Å². The number of aromatic hydroxyl groups is 1. The number of aryl methyl sites for hydroxylation is 2. The zero-order chi connectivity index (χ0) is 14.9. The Bertz CT molecular complexity index is 630. The fourth-order valence-corrected chi connectivity index (χ4v) is 2.56. The van der Waals surface area contributed by atoms with Crippen LogP contribution in [0.3, 0.4) is 0 Å². The first-order valence-electron chi connectivity index (χ1n) is 7.06. The molecule has 0 radical (unpaired) electrons. The summed E-state index contributed by atoms with van der Waals surface area (Å²) in [5, 5.41) is 10.9. The van der Waals surface area contributed by atoms with Gasteiger partial charge in [0.2, 0.25) is 0 Å². The van der Waals surface area contributed by atoms with Crippen LogP contribution >= 0.6 is 11.6 Å². The molecule has 1 nitrogen and oxygen atoms in total. The lowest BCUT2D eigenvalue weighted by Gasteiger charge is -2.15. The summed E-state index contributed by atoms with van der Waals surface area (Å²) in [6, 6.07) is 10.1. The smallest absolute Gasteiger partial charge is 0.123 e. The molecule has 2 heteroatoms. The highest BCUT2D eigenvalue weighted by molar-refractivity contribution is 6.31. The Morgan fingerprint density at radius 1 is 1.10 bits per heavy atom. The first-order chi connectivity index (χ1) is 9.43. The monoisotopic (exact) mass is 288 g/mol. The van der Waals surface area contributed by atoms with Gasteiger partial charge in [-0.3, -0.25) is 0 Å². The highest BCUT2D eigenvalue weighted by atomic mass is 35.5. The number of phenolic OH excluding ortho intramolecular Hbond substituents is 1. The predicted molar refractivity (Wildman–Crippen MR) is 86.8 cm³/mol. The normalized spacial score (nSPS) is 11.1. The standard InChI is InChI=1S/C18H21ClO/c1-5-13-6-7-14(11(2)3)9-15(13)16-10-17(19)12(4)8-18(16)20/h6-11,20H,5H2,1-4H3. The van der Waals surface area contributed by atoms with Crippen LogP contribution in [-0.4, -0.2) is 5.11 Å². The van der Waals surface area contributed by atoms with E-state index in [2.05, 4.69) is 39.0 Å². The SMILES string of the molecule is CCc1ccc(C(C)C)cc1-c1cc(Cl)c(C)cc1O. The minimum atomic E-state index is 0.294. The fraction of sp³-hybridized carbons (Fsp3) is 0.333. The van der Waals surface area contributed by atoms with Gasteiger partial charge >= 0.3 is 0 Å². The third-order valence-electron chi connectivity index (χ3n) is 3.75. The number of benzene rings is 2. The van der Waals surface area contributed by atoms with Gasteiger partial charge in [0.25, 0.3) is 0 Å². The largest absolute Gasteiger partial charge is 0.507 e. The van der Waals surface area contributed by atoms with E-state index in [1.54, 1.807) is 6.07 Å². The van der Waals surface area contributed by atoms with Crippen molar-refractivity contribution in [2.75, 3.05) is 0 Å². The zero-order valence-corrected chi connectivity index (χ0v) is 13.3. The molecule has 0 saturated carbocycles. The minimum absolute atomic E-state index is 0.294. The van der Waals surface area contributed by atoms with Crippen LogP contribution in [0.25, 0.3) is 11.1 Å². The van der Waals surface area contributed by atoms with Crippen molar-refractivity contribution >= 4 is 11.6 Å². The van der Waals surface area contributed by atoms with Crippen molar-refractivity contribution in [3.05, 3.63) is 52.0 Å². The molecule has 0 aliphatic rings. The van der Waals surface area contributed by atoms with Gasteiger partial charge in [0, 0.05) is 10.6 Å². The Kier molecular flexibility index (Phi) is 4.39. The molecule has 0 bridgehead atoms. The summed E-state index contributed by atoms with van der Waals surface area (Å²) in [6.45, 7) is 8.37. The molecule has 106 valence electrons. The van der Waals surface area contributed by atoms with E-state index in [1.165, 1.54) is 11.1 Å². The lowest BCUT2D eigenvalue weighted by atomic mass is 9.91. The minimum Gasteiger partial charge on any atom is -0.507 e. The third kappa shape index (κ3) is 2.83. The van der Waals surface area contributed by atoms with Gasteiger partial charge < -0.3 is 5.11 Å². The maximum absolute atomic E-state index is 10.3. The first-order valence-corrected chi connectivity index (χ1v) is 7.44. The summed E-state index contributed by atoms with van der Waals surface area (Å²) in [5.41, 5.74) is 5.29. The van der Waals surface area contributed by atoms with Gasteiger partial charge in [0.15, 0.2) is 0 Å². The van der Waals surface area contributed by atoms with E-state index in [4.69, 9.17) is 11.6 Å². The van der Waals surface area contributed by atoms with E-state index in [-0.39, 0.29) is 0 Å². The van der Waals surface area contributed by atoms with Crippen LogP contribution in [0.15, 0.2) is 30.3 Å². The van der Waals surface area contributed by atoms with E-state index >= 15 is 0 Å². The van der Waals surface area contributed by atoms with Crippen molar-refractivity contribution in [3.8, 4) is 16.9 Å². The second-order valence-corrected chi connectivity index (χ2v) is 5.95. The van der Waals surface area contributed by atoms with E-state index in [0.717, 1.165) is 23.1 Å². The zero-order valence-electron chi connectivity index (χ0n) is 12.5. The van der Waals surface area contributed by atoms with Crippen LogP contribution in [0.5, 0.6) is 5.75 Å². The molecule has 0 spiro atoms. The number of rotatable bonds is 3. The van der Waals surface area contributed by atoms with Crippen molar-refractivity contribution in [1.29, 1.82) is 0 Å². The van der Waals surface area contributed by atoms with Gasteiger partial charge in [-0.05, 0) is 53.6 Å².